The second-order valence-corrected chi connectivity index (χ2v) is 6.25. The molecular weight excluding hydrogens is 364 g/mol. The molecule has 27 heavy (non-hydrogen) atoms. The SMILES string of the molecule is O=C(O)c1cccc(Nc2nc(-c3cccnc3)nc3cc(Cl)ccc23)c1. The van der Waals surface area contributed by atoms with Gasteiger partial charge in [0.25, 0.3) is 0 Å². The lowest BCUT2D eigenvalue weighted by Gasteiger charge is -2.12. The van der Waals surface area contributed by atoms with Gasteiger partial charge in [-0.05, 0) is 48.5 Å². The summed E-state index contributed by atoms with van der Waals surface area (Å²) < 4.78 is 0. The fourth-order valence-electron chi connectivity index (χ4n) is 2.69. The van der Waals surface area contributed by atoms with Crippen LogP contribution in [0.5, 0.6) is 0 Å². The lowest BCUT2D eigenvalue weighted by Crippen LogP contribution is -2.01. The van der Waals surface area contributed by atoms with Crippen molar-refractivity contribution in [2.24, 2.45) is 0 Å². The van der Waals surface area contributed by atoms with Crippen molar-refractivity contribution in [1.82, 2.24) is 15.0 Å². The number of nitrogens with zero attached hydrogens (tertiary/aromatic N) is 3. The summed E-state index contributed by atoms with van der Waals surface area (Å²) in [4.78, 5) is 24.5. The minimum atomic E-state index is -0.992. The lowest BCUT2D eigenvalue weighted by molar-refractivity contribution is 0.0697. The Morgan fingerprint density at radius 1 is 1.04 bits per heavy atom. The van der Waals surface area contributed by atoms with Gasteiger partial charge in [-0.2, -0.15) is 0 Å². The standard InChI is InChI=1S/C20H13ClN4O2/c21-14-6-7-16-17(10-14)24-18(13-4-2-8-22-11-13)25-19(16)23-15-5-1-3-12(9-15)20(26)27/h1-11H,(H,26,27)(H,23,24,25). The molecule has 2 aromatic heterocycles. The number of benzene rings is 2. The Bertz CT molecular complexity index is 1150. The second-order valence-electron chi connectivity index (χ2n) is 5.81. The van der Waals surface area contributed by atoms with E-state index in [0.717, 1.165) is 10.9 Å². The third kappa shape index (κ3) is 3.56. The van der Waals surface area contributed by atoms with Crippen molar-refractivity contribution in [1.29, 1.82) is 0 Å². The van der Waals surface area contributed by atoms with Crippen molar-refractivity contribution in [3.05, 3.63) is 77.6 Å². The van der Waals surface area contributed by atoms with E-state index in [-0.39, 0.29) is 5.56 Å². The zero-order valence-corrected chi connectivity index (χ0v) is 14.7. The summed E-state index contributed by atoms with van der Waals surface area (Å²) >= 11 is 6.13. The summed E-state index contributed by atoms with van der Waals surface area (Å²) in [7, 11) is 0. The smallest absolute Gasteiger partial charge is 0.335 e. The Labute approximate surface area is 159 Å². The van der Waals surface area contributed by atoms with Gasteiger partial charge >= 0.3 is 5.97 Å². The van der Waals surface area contributed by atoms with E-state index in [2.05, 4.69) is 20.3 Å². The van der Waals surface area contributed by atoms with Gasteiger partial charge in [-0.3, -0.25) is 4.98 Å². The van der Waals surface area contributed by atoms with E-state index in [9.17, 15) is 9.90 Å². The Kier molecular flexibility index (Phi) is 4.40. The highest BCUT2D eigenvalue weighted by atomic mass is 35.5. The van der Waals surface area contributed by atoms with Crippen LogP contribution in [0.3, 0.4) is 0 Å². The molecule has 4 aromatic rings. The first-order valence-electron chi connectivity index (χ1n) is 8.08. The van der Waals surface area contributed by atoms with Crippen LogP contribution in [0.1, 0.15) is 10.4 Å². The van der Waals surface area contributed by atoms with Crippen molar-refractivity contribution in [3.63, 3.8) is 0 Å². The fourth-order valence-corrected chi connectivity index (χ4v) is 2.86. The van der Waals surface area contributed by atoms with Gasteiger partial charge in [-0.1, -0.05) is 17.7 Å². The highest BCUT2D eigenvalue weighted by Gasteiger charge is 2.11. The maximum absolute atomic E-state index is 11.2. The number of aromatic carboxylic acids is 1. The summed E-state index contributed by atoms with van der Waals surface area (Å²) in [5.41, 5.74) is 2.24. The lowest BCUT2D eigenvalue weighted by atomic mass is 10.2. The number of hydrogen-bond acceptors (Lipinski definition) is 5. The van der Waals surface area contributed by atoms with Crippen molar-refractivity contribution in [3.8, 4) is 11.4 Å². The normalized spacial score (nSPS) is 10.7. The van der Waals surface area contributed by atoms with Crippen LogP contribution in [0.15, 0.2) is 67.0 Å². The molecule has 0 radical (unpaired) electrons. The first-order valence-corrected chi connectivity index (χ1v) is 8.46. The summed E-state index contributed by atoms with van der Waals surface area (Å²) in [6, 6.07) is 15.6. The number of pyridine rings is 1. The average Bonchev–Trinajstić information content (AvgIpc) is 2.68. The minimum Gasteiger partial charge on any atom is -0.478 e. The van der Waals surface area contributed by atoms with Crippen LogP contribution in [-0.4, -0.2) is 26.0 Å². The molecule has 0 aliphatic rings. The second kappa shape index (κ2) is 7.01. The van der Waals surface area contributed by atoms with Gasteiger partial charge in [-0.25, -0.2) is 14.8 Å². The molecule has 2 aromatic carbocycles. The molecule has 7 heteroatoms. The number of nitrogens with one attached hydrogen (secondary N) is 1. The summed E-state index contributed by atoms with van der Waals surface area (Å²) in [6.45, 7) is 0. The number of fused-ring (bicyclic) bond motifs is 1. The van der Waals surface area contributed by atoms with Crippen molar-refractivity contribution < 1.29 is 9.90 Å². The molecule has 132 valence electrons. The van der Waals surface area contributed by atoms with Gasteiger partial charge in [0.1, 0.15) is 5.82 Å². The molecule has 0 fully saturated rings. The van der Waals surface area contributed by atoms with E-state index in [4.69, 9.17) is 11.6 Å². The number of aromatic nitrogens is 3. The number of carboxylic acids is 1. The predicted molar refractivity (Wildman–Crippen MR) is 104 cm³/mol. The van der Waals surface area contributed by atoms with E-state index in [1.54, 1.807) is 42.7 Å². The van der Waals surface area contributed by atoms with Gasteiger partial charge in [0, 0.05) is 34.1 Å². The third-order valence-corrected chi connectivity index (χ3v) is 4.19. The number of halogens is 1. The Hall–Kier alpha value is -3.51. The molecule has 2 N–H and O–H groups in total. The van der Waals surface area contributed by atoms with Crippen LogP contribution >= 0.6 is 11.6 Å². The highest BCUT2D eigenvalue weighted by Crippen LogP contribution is 2.29. The zero-order valence-electron chi connectivity index (χ0n) is 13.9. The maximum atomic E-state index is 11.2. The van der Waals surface area contributed by atoms with Crippen LogP contribution in [0.25, 0.3) is 22.3 Å². The number of carboxylic acid groups (broad SMARTS) is 1. The Balaban J connectivity index is 1.85. The van der Waals surface area contributed by atoms with Gasteiger partial charge in [-0.15, -0.1) is 0 Å². The molecule has 0 saturated heterocycles. The molecule has 0 bridgehead atoms. The van der Waals surface area contributed by atoms with Gasteiger partial charge in [0.05, 0.1) is 11.1 Å². The van der Waals surface area contributed by atoms with Crippen molar-refractivity contribution in [2.45, 2.75) is 0 Å². The summed E-state index contributed by atoms with van der Waals surface area (Å²) in [5, 5.41) is 13.7. The number of anilines is 2. The van der Waals surface area contributed by atoms with Crippen LogP contribution in [-0.2, 0) is 0 Å². The molecule has 4 rings (SSSR count). The van der Waals surface area contributed by atoms with Crippen LogP contribution < -0.4 is 5.32 Å². The average molecular weight is 377 g/mol. The maximum Gasteiger partial charge on any atom is 0.335 e. The molecule has 0 atom stereocenters. The van der Waals surface area contributed by atoms with E-state index in [0.29, 0.717) is 27.9 Å². The number of hydrogen-bond donors (Lipinski definition) is 2. The van der Waals surface area contributed by atoms with E-state index in [1.807, 2.05) is 18.2 Å². The first-order chi connectivity index (χ1) is 13.1. The molecule has 0 unspecified atom stereocenters. The van der Waals surface area contributed by atoms with Gasteiger partial charge < -0.3 is 10.4 Å². The Morgan fingerprint density at radius 3 is 2.70 bits per heavy atom. The number of carbonyl (C=O) groups is 1. The minimum absolute atomic E-state index is 0.189. The molecule has 0 spiro atoms. The van der Waals surface area contributed by atoms with Gasteiger partial charge in [0.2, 0.25) is 0 Å². The van der Waals surface area contributed by atoms with E-state index in [1.165, 1.54) is 6.07 Å². The van der Waals surface area contributed by atoms with E-state index < -0.39 is 5.97 Å². The van der Waals surface area contributed by atoms with Crippen LogP contribution in [0.2, 0.25) is 5.02 Å². The van der Waals surface area contributed by atoms with Crippen LogP contribution in [0.4, 0.5) is 11.5 Å². The van der Waals surface area contributed by atoms with Crippen LogP contribution in [0, 0.1) is 0 Å². The first kappa shape index (κ1) is 16.9. The quantitative estimate of drug-likeness (QED) is 0.532. The summed E-state index contributed by atoms with van der Waals surface area (Å²) in [6.07, 6.45) is 3.36. The monoisotopic (exact) mass is 376 g/mol. The molecular formula is C20H13ClN4O2. The summed E-state index contributed by atoms with van der Waals surface area (Å²) in [5.74, 6) is 0.0573. The fraction of sp³-hybridized carbons (Fsp3) is 0. The van der Waals surface area contributed by atoms with Crippen molar-refractivity contribution in [2.75, 3.05) is 5.32 Å². The molecule has 0 amide bonds. The molecule has 0 saturated carbocycles. The molecule has 0 aliphatic carbocycles. The largest absolute Gasteiger partial charge is 0.478 e. The highest BCUT2D eigenvalue weighted by molar-refractivity contribution is 6.31. The molecule has 0 aliphatic heterocycles. The van der Waals surface area contributed by atoms with E-state index >= 15 is 0 Å². The molecule has 2 heterocycles. The zero-order chi connectivity index (χ0) is 18.8. The third-order valence-electron chi connectivity index (χ3n) is 3.95. The van der Waals surface area contributed by atoms with Gasteiger partial charge in [0.15, 0.2) is 5.82 Å². The topological polar surface area (TPSA) is 88.0 Å². The van der Waals surface area contributed by atoms with Crippen molar-refractivity contribution >= 4 is 40.0 Å². The Morgan fingerprint density at radius 2 is 1.93 bits per heavy atom. The number of rotatable bonds is 4. The molecule has 6 nitrogen and oxygen atoms in total. The predicted octanol–water partition coefficient (Wildman–Crippen LogP) is 4.79.